The molecule has 1 heterocycles. The van der Waals surface area contributed by atoms with Crippen LogP contribution in [0.2, 0.25) is 0 Å². The second-order valence-electron chi connectivity index (χ2n) is 5.34. The van der Waals surface area contributed by atoms with Crippen molar-refractivity contribution in [3.63, 3.8) is 0 Å². The third kappa shape index (κ3) is 26.5. The number of nitrogens with zero attached hydrogens (tertiary/aromatic N) is 1. The number of hydrogen-bond donors (Lipinski definition) is 3. The molecule has 0 saturated heterocycles. The van der Waals surface area contributed by atoms with E-state index in [1.54, 1.807) is 0 Å². The van der Waals surface area contributed by atoms with Crippen molar-refractivity contribution in [2.24, 2.45) is 7.05 Å². The predicted octanol–water partition coefficient (Wildman–Crippen LogP) is 3.71. The molecule has 0 aliphatic carbocycles. The molecule has 1 aromatic rings. The van der Waals surface area contributed by atoms with Gasteiger partial charge in [-0.15, -0.1) is 0 Å². The van der Waals surface area contributed by atoms with Gasteiger partial charge in [0.2, 0.25) is 0 Å². The second kappa shape index (κ2) is 18.9. The van der Waals surface area contributed by atoms with Crippen molar-refractivity contribution in [1.29, 1.82) is 0 Å². The Balaban J connectivity index is -0.000000286. The zero-order valence-corrected chi connectivity index (χ0v) is 16.9. The fraction of sp³-hybridized carbons (Fsp3) is 0.750. The molecule has 0 saturated carbocycles. The normalized spacial score (nSPS) is 9.92. The van der Waals surface area contributed by atoms with Crippen LogP contribution in [0.15, 0.2) is 12.4 Å². The maximum Gasteiger partial charge on any atom is 1.00 e. The fourth-order valence-corrected chi connectivity index (χ4v) is 1.81. The quantitative estimate of drug-likeness (QED) is 0.199. The smallest absolute Gasteiger partial charge is 0.343 e. The number of unbranched alkanes of at least 4 members (excludes halogenated alkanes) is 6. The topological polar surface area (TPSA) is 94.3 Å². The Morgan fingerprint density at radius 3 is 1.96 bits per heavy atom. The number of imidazole rings is 1. The summed E-state index contributed by atoms with van der Waals surface area (Å²) in [5.41, 5.74) is 0. The van der Waals surface area contributed by atoms with Gasteiger partial charge in [-0.2, -0.15) is 14.8 Å². The molecule has 1 rings (SSSR count). The summed E-state index contributed by atoms with van der Waals surface area (Å²) in [6, 6.07) is 0. The van der Waals surface area contributed by atoms with Crippen molar-refractivity contribution in [3.8, 4) is 0 Å². The van der Waals surface area contributed by atoms with Gasteiger partial charge in [-0.1, -0.05) is 52.4 Å². The Hall–Kier alpha value is -0.401. The first-order chi connectivity index (χ1) is 10.8. The van der Waals surface area contributed by atoms with Crippen molar-refractivity contribution < 1.29 is 39.2 Å². The molecule has 6 nitrogen and oxygen atoms in total. The molecule has 0 aliphatic rings. The summed E-state index contributed by atoms with van der Waals surface area (Å²) in [4.78, 5) is 3.20. The standard InChI is InChI=1S/C8H14N2.C8H17.Cu.H2O4S/c1-3-4-5-8-9-6-7-10(8)2;1-3-5-7-8-6-4-2;;1-5(2,3)4/h6-7H,3-5H2,1-2H3;1,3-8H2,2H3;;(H2,1,2,3,4)/q;-1;+1;/p+1. The minimum Gasteiger partial charge on any atom is -0.343 e. The van der Waals surface area contributed by atoms with Crippen LogP contribution in [0, 0.1) is 6.92 Å². The van der Waals surface area contributed by atoms with E-state index in [1.807, 2.05) is 12.4 Å². The maximum atomic E-state index is 8.74. The van der Waals surface area contributed by atoms with E-state index in [-0.39, 0.29) is 17.1 Å². The van der Waals surface area contributed by atoms with Crippen molar-refractivity contribution in [1.82, 2.24) is 4.98 Å². The van der Waals surface area contributed by atoms with Crippen molar-refractivity contribution in [2.75, 3.05) is 0 Å². The summed E-state index contributed by atoms with van der Waals surface area (Å²) < 4.78 is 33.7. The summed E-state index contributed by atoms with van der Waals surface area (Å²) in [7, 11) is -2.60. The molecule has 0 amide bonds. The first-order valence-corrected chi connectivity index (χ1v) is 9.66. The van der Waals surface area contributed by atoms with Gasteiger partial charge in [0.25, 0.3) is 5.82 Å². The number of aryl methyl sites for hydroxylation is 2. The van der Waals surface area contributed by atoms with Gasteiger partial charge in [0.15, 0.2) is 0 Å². The molecule has 0 fully saturated rings. The Kier molecular flexibility index (Phi) is 22.4. The molecule has 0 atom stereocenters. The number of rotatable bonds is 8. The molecule has 0 spiro atoms. The van der Waals surface area contributed by atoms with E-state index in [2.05, 4.69) is 37.4 Å². The van der Waals surface area contributed by atoms with Crippen LogP contribution in [-0.4, -0.2) is 22.5 Å². The van der Waals surface area contributed by atoms with Crippen LogP contribution in [0.3, 0.4) is 0 Å². The zero-order valence-electron chi connectivity index (χ0n) is 15.1. The molecule has 0 radical (unpaired) electrons. The van der Waals surface area contributed by atoms with Gasteiger partial charge in [-0.05, 0) is 6.42 Å². The molecule has 3 N–H and O–H groups in total. The van der Waals surface area contributed by atoms with Gasteiger partial charge in [0.1, 0.15) is 12.4 Å². The van der Waals surface area contributed by atoms with Crippen LogP contribution in [0.25, 0.3) is 0 Å². The number of nitrogens with one attached hydrogen (secondary N) is 1. The van der Waals surface area contributed by atoms with Gasteiger partial charge in [-0.3, -0.25) is 9.11 Å². The summed E-state index contributed by atoms with van der Waals surface area (Å²) in [5.74, 6) is 1.32. The molecular formula is C16H34CuN2O4S+. The molecule has 1 aromatic heterocycles. The molecule has 0 aliphatic heterocycles. The fourth-order valence-electron chi connectivity index (χ4n) is 1.81. The van der Waals surface area contributed by atoms with Crippen molar-refractivity contribution in [2.45, 2.75) is 71.6 Å². The van der Waals surface area contributed by atoms with E-state index >= 15 is 0 Å². The number of aromatic nitrogens is 2. The van der Waals surface area contributed by atoms with Crippen LogP contribution >= 0.6 is 0 Å². The second-order valence-corrected chi connectivity index (χ2v) is 6.23. The summed E-state index contributed by atoms with van der Waals surface area (Å²) >= 11 is 0. The monoisotopic (exact) mass is 413 g/mol. The average Bonchev–Trinajstić information content (AvgIpc) is 2.86. The molecule has 148 valence electrons. The molecule has 24 heavy (non-hydrogen) atoms. The van der Waals surface area contributed by atoms with Crippen molar-refractivity contribution in [3.05, 3.63) is 25.1 Å². The van der Waals surface area contributed by atoms with Crippen LogP contribution in [-0.2, 0) is 40.9 Å². The van der Waals surface area contributed by atoms with Gasteiger partial charge in [0.05, 0.1) is 7.05 Å². The maximum absolute atomic E-state index is 8.74. The van der Waals surface area contributed by atoms with Crippen LogP contribution < -0.4 is 4.57 Å². The van der Waals surface area contributed by atoms with E-state index in [9.17, 15) is 0 Å². The van der Waals surface area contributed by atoms with Gasteiger partial charge in [0, 0.05) is 6.42 Å². The van der Waals surface area contributed by atoms with Gasteiger partial charge >= 0.3 is 27.5 Å². The van der Waals surface area contributed by atoms with Gasteiger partial charge < -0.3 is 6.92 Å². The van der Waals surface area contributed by atoms with E-state index in [4.69, 9.17) is 17.5 Å². The van der Waals surface area contributed by atoms with E-state index in [0.29, 0.717) is 0 Å². The third-order valence-corrected chi connectivity index (χ3v) is 3.09. The Labute approximate surface area is 158 Å². The molecule has 0 unspecified atom stereocenters. The van der Waals surface area contributed by atoms with Crippen molar-refractivity contribution >= 4 is 10.4 Å². The Morgan fingerprint density at radius 1 is 1.08 bits per heavy atom. The predicted molar refractivity (Wildman–Crippen MR) is 93.5 cm³/mol. The largest absolute Gasteiger partial charge is 1.00 e. The molecule has 0 aromatic carbocycles. The number of H-pyrrole nitrogens is 1. The van der Waals surface area contributed by atoms with E-state index in [1.165, 1.54) is 57.2 Å². The molecule has 0 bridgehead atoms. The SMILES string of the molecule is CCCCc1[nH]cc[n+]1C.O=S(=O)(O)O.[CH2-]CCCCCCC.[Cu+]. The van der Waals surface area contributed by atoms with Crippen LogP contribution in [0.5, 0.6) is 0 Å². The minimum absolute atomic E-state index is 0. The first kappa shape index (κ1) is 28.4. The van der Waals surface area contributed by atoms with Crippen LogP contribution in [0.4, 0.5) is 0 Å². The summed E-state index contributed by atoms with van der Waals surface area (Å²) in [5, 5.41) is 0. The number of hydrogen-bond acceptors (Lipinski definition) is 2. The number of aromatic amines is 1. The summed E-state index contributed by atoms with van der Waals surface area (Å²) in [6.45, 7) is 8.23. The Morgan fingerprint density at radius 2 is 1.58 bits per heavy atom. The summed E-state index contributed by atoms with van der Waals surface area (Å²) in [6.07, 6.45) is 15.7. The van der Waals surface area contributed by atoms with E-state index < -0.39 is 10.4 Å². The Bertz CT molecular complexity index is 450. The first-order valence-electron chi connectivity index (χ1n) is 8.27. The average molecular weight is 414 g/mol. The van der Waals surface area contributed by atoms with Crippen LogP contribution in [0.1, 0.15) is 71.0 Å². The third-order valence-electron chi connectivity index (χ3n) is 3.09. The minimum atomic E-state index is -4.67. The van der Waals surface area contributed by atoms with E-state index in [0.717, 1.165) is 6.42 Å². The zero-order chi connectivity index (χ0) is 18.1. The van der Waals surface area contributed by atoms with Gasteiger partial charge in [-0.25, -0.2) is 9.55 Å². The molecule has 8 heteroatoms. The molecular weight excluding hydrogens is 380 g/mol.